The van der Waals surface area contributed by atoms with E-state index in [2.05, 4.69) is 76.0 Å². The van der Waals surface area contributed by atoms with Crippen molar-refractivity contribution in [2.24, 2.45) is 4.99 Å². The largest absolute Gasteiger partial charge is 0.393 e. The highest BCUT2D eigenvalue weighted by Gasteiger charge is 2.16. The fraction of sp³-hybridized carbons (Fsp3) is 0.435. The van der Waals surface area contributed by atoms with Gasteiger partial charge >= 0.3 is 0 Å². The average Bonchev–Trinajstić information content (AvgIpc) is 2.71. The first-order chi connectivity index (χ1) is 13.6. The van der Waals surface area contributed by atoms with E-state index in [-0.39, 0.29) is 30.1 Å². The summed E-state index contributed by atoms with van der Waals surface area (Å²) in [4.78, 5) is 6.72. The van der Waals surface area contributed by atoms with Crippen LogP contribution < -0.4 is 10.6 Å². The zero-order valence-corrected chi connectivity index (χ0v) is 19.7. The number of aryl methyl sites for hydroxylation is 1. The molecule has 1 heterocycles. The highest BCUT2D eigenvalue weighted by atomic mass is 127. The van der Waals surface area contributed by atoms with Gasteiger partial charge in [-0.15, -0.1) is 24.0 Å². The number of aliphatic hydroxyl groups is 1. The highest BCUT2D eigenvalue weighted by molar-refractivity contribution is 14.0. The number of likely N-dealkylation sites (tertiary alicyclic amines) is 1. The van der Waals surface area contributed by atoms with Gasteiger partial charge in [-0.3, -0.25) is 9.89 Å². The lowest BCUT2D eigenvalue weighted by molar-refractivity contribution is 0.0792. The van der Waals surface area contributed by atoms with E-state index in [1.165, 1.54) is 22.3 Å². The van der Waals surface area contributed by atoms with Crippen LogP contribution in [0.2, 0.25) is 0 Å². The molecule has 1 aliphatic rings. The van der Waals surface area contributed by atoms with Crippen molar-refractivity contribution in [3.8, 4) is 0 Å². The summed E-state index contributed by atoms with van der Waals surface area (Å²) in [5.74, 6) is 0.803. The maximum absolute atomic E-state index is 9.62. The molecule has 1 fully saturated rings. The number of rotatable bonds is 6. The van der Waals surface area contributed by atoms with Crippen LogP contribution in [0.15, 0.2) is 53.5 Å². The Balaban J connectivity index is 0.00000300. The van der Waals surface area contributed by atoms with Crippen LogP contribution in [-0.2, 0) is 19.6 Å². The summed E-state index contributed by atoms with van der Waals surface area (Å²) in [6.07, 6.45) is 1.66. The first-order valence-electron chi connectivity index (χ1n) is 10.1. The van der Waals surface area contributed by atoms with Gasteiger partial charge in [-0.05, 0) is 36.5 Å². The van der Waals surface area contributed by atoms with E-state index >= 15 is 0 Å². The number of nitrogens with one attached hydrogen (secondary N) is 2. The molecular weight excluding hydrogens is 475 g/mol. The number of hydrogen-bond acceptors (Lipinski definition) is 3. The SMILES string of the molecule is CN=C(NCc1ccc(CN2CCC(O)CC2)cc1)NCc1cccc(C)c1.I. The molecule has 5 nitrogen and oxygen atoms in total. The predicted octanol–water partition coefficient (Wildman–Crippen LogP) is 3.43. The van der Waals surface area contributed by atoms with Gasteiger partial charge in [-0.1, -0.05) is 54.1 Å². The third-order valence-corrected chi connectivity index (χ3v) is 5.21. The second kappa shape index (κ2) is 12.1. The molecule has 1 aliphatic heterocycles. The highest BCUT2D eigenvalue weighted by Crippen LogP contribution is 2.14. The summed E-state index contributed by atoms with van der Waals surface area (Å²) in [5, 5.41) is 16.4. The van der Waals surface area contributed by atoms with Crippen LogP contribution >= 0.6 is 24.0 Å². The molecule has 0 atom stereocenters. The van der Waals surface area contributed by atoms with E-state index in [0.29, 0.717) is 0 Å². The Bertz CT molecular complexity index is 771. The van der Waals surface area contributed by atoms with Crippen molar-refractivity contribution in [3.05, 3.63) is 70.8 Å². The topological polar surface area (TPSA) is 59.9 Å². The van der Waals surface area contributed by atoms with Gasteiger partial charge in [0.2, 0.25) is 0 Å². The van der Waals surface area contributed by atoms with E-state index in [1.807, 2.05) is 0 Å². The molecule has 2 aromatic carbocycles. The number of halogens is 1. The van der Waals surface area contributed by atoms with Crippen LogP contribution in [-0.4, -0.2) is 42.2 Å². The minimum Gasteiger partial charge on any atom is -0.393 e. The van der Waals surface area contributed by atoms with E-state index < -0.39 is 0 Å². The third kappa shape index (κ3) is 7.95. The molecule has 158 valence electrons. The molecular formula is C23H33IN4O. The van der Waals surface area contributed by atoms with Crippen LogP contribution in [0.5, 0.6) is 0 Å². The Morgan fingerprint density at radius 2 is 1.62 bits per heavy atom. The summed E-state index contributed by atoms with van der Waals surface area (Å²) in [6.45, 7) is 6.52. The molecule has 0 radical (unpaired) electrons. The summed E-state index contributed by atoms with van der Waals surface area (Å²) in [6, 6.07) is 17.2. The number of hydrogen-bond donors (Lipinski definition) is 3. The fourth-order valence-corrected chi connectivity index (χ4v) is 3.51. The number of aliphatic imine (C=N–C) groups is 1. The van der Waals surface area contributed by atoms with Crippen molar-refractivity contribution in [3.63, 3.8) is 0 Å². The normalized spacial score (nSPS) is 15.6. The third-order valence-electron chi connectivity index (χ3n) is 5.21. The Labute approximate surface area is 191 Å². The molecule has 0 unspecified atom stereocenters. The molecule has 3 N–H and O–H groups in total. The van der Waals surface area contributed by atoms with Crippen molar-refractivity contribution in [2.75, 3.05) is 20.1 Å². The van der Waals surface area contributed by atoms with Gasteiger partial charge in [0.15, 0.2) is 5.96 Å². The summed E-state index contributed by atoms with van der Waals surface area (Å²) in [5.41, 5.74) is 5.07. The zero-order chi connectivity index (χ0) is 19.8. The molecule has 1 saturated heterocycles. The summed E-state index contributed by atoms with van der Waals surface area (Å²) < 4.78 is 0. The average molecular weight is 508 g/mol. The standard InChI is InChI=1S/C23H32N4O.HI/c1-18-4-3-5-21(14-18)16-26-23(24-2)25-15-19-6-8-20(9-7-19)17-27-12-10-22(28)11-13-27;/h3-9,14,22,28H,10-13,15-17H2,1-2H3,(H2,24,25,26);1H. The summed E-state index contributed by atoms with van der Waals surface area (Å²) >= 11 is 0. The smallest absolute Gasteiger partial charge is 0.191 e. The number of guanidine groups is 1. The van der Waals surface area contributed by atoms with Gasteiger partial charge < -0.3 is 15.7 Å². The number of benzene rings is 2. The van der Waals surface area contributed by atoms with Gasteiger partial charge in [0.25, 0.3) is 0 Å². The van der Waals surface area contributed by atoms with E-state index in [0.717, 1.165) is 51.5 Å². The molecule has 0 spiro atoms. The Morgan fingerprint density at radius 3 is 2.24 bits per heavy atom. The Morgan fingerprint density at radius 1 is 1.00 bits per heavy atom. The van der Waals surface area contributed by atoms with Crippen LogP contribution in [0, 0.1) is 6.92 Å². The molecule has 0 aromatic heterocycles. The minimum atomic E-state index is -0.112. The predicted molar refractivity (Wildman–Crippen MR) is 131 cm³/mol. The van der Waals surface area contributed by atoms with Gasteiger partial charge in [-0.2, -0.15) is 0 Å². The van der Waals surface area contributed by atoms with Crippen molar-refractivity contribution in [1.29, 1.82) is 0 Å². The molecule has 0 amide bonds. The van der Waals surface area contributed by atoms with Crippen molar-refractivity contribution in [1.82, 2.24) is 15.5 Å². The molecule has 0 saturated carbocycles. The van der Waals surface area contributed by atoms with Gasteiger partial charge in [0.1, 0.15) is 0 Å². The van der Waals surface area contributed by atoms with Crippen LogP contribution in [0.25, 0.3) is 0 Å². The number of piperidine rings is 1. The maximum Gasteiger partial charge on any atom is 0.191 e. The zero-order valence-electron chi connectivity index (χ0n) is 17.4. The van der Waals surface area contributed by atoms with Gasteiger partial charge in [-0.25, -0.2) is 0 Å². The summed E-state index contributed by atoms with van der Waals surface area (Å²) in [7, 11) is 1.80. The van der Waals surface area contributed by atoms with Crippen LogP contribution in [0.3, 0.4) is 0 Å². The molecule has 6 heteroatoms. The van der Waals surface area contributed by atoms with Gasteiger partial charge in [0, 0.05) is 39.8 Å². The first kappa shape index (κ1) is 23.6. The quantitative estimate of drug-likeness (QED) is 0.318. The van der Waals surface area contributed by atoms with E-state index in [9.17, 15) is 5.11 Å². The van der Waals surface area contributed by atoms with Crippen molar-refractivity contribution < 1.29 is 5.11 Å². The first-order valence-corrected chi connectivity index (χ1v) is 10.1. The molecule has 3 rings (SSSR count). The lowest BCUT2D eigenvalue weighted by Crippen LogP contribution is -2.36. The number of nitrogens with zero attached hydrogens (tertiary/aromatic N) is 2. The minimum absolute atomic E-state index is 0. The Kier molecular flexibility index (Phi) is 9.90. The van der Waals surface area contributed by atoms with E-state index in [1.54, 1.807) is 7.05 Å². The molecule has 0 aliphatic carbocycles. The Hall–Kier alpha value is -1.64. The molecule has 2 aromatic rings. The lowest BCUT2D eigenvalue weighted by Gasteiger charge is -2.29. The molecule has 0 bridgehead atoms. The van der Waals surface area contributed by atoms with Crippen LogP contribution in [0.1, 0.15) is 35.1 Å². The monoisotopic (exact) mass is 508 g/mol. The van der Waals surface area contributed by atoms with E-state index in [4.69, 9.17) is 0 Å². The second-order valence-electron chi connectivity index (χ2n) is 7.59. The van der Waals surface area contributed by atoms with Gasteiger partial charge in [0.05, 0.1) is 6.10 Å². The van der Waals surface area contributed by atoms with Crippen LogP contribution in [0.4, 0.5) is 0 Å². The number of aliphatic hydroxyl groups excluding tert-OH is 1. The maximum atomic E-state index is 9.62. The molecule has 29 heavy (non-hydrogen) atoms. The van der Waals surface area contributed by atoms with Crippen molar-refractivity contribution >= 4 is 29.9 Å². The fourth-order valence-electron chi connectivity index (χ4n) is 3.51. The second-order valence-corrected chi connectivity index (χ2v) is 7.59. The van der Waals surface area contributed by atoms with Crippen molar-refractivity contribution in [2.45, 2.75) is 45.5 Å². The lowest BCUT2D eigenvalue weighted by atomic mass is 10.1.